The summed E-state index contributed by atoms with van der Waals surface area (Å²) in [5, 5.41) is 6.91. The summed E-state index contributed by atoms with van der Waals surface area (Å²) in [5.41, 5.74) is 13.6. The Labute approximate surface area is 319 Å². The number of benzene rings is 9. The molecule has 10 aromatic rings. The number of hydrogen-bond acceptors (Lipinski definition) is 3. The van der Waals surface area contributed by atoms with Crippen molar-refractivity contribution in [3.05, 3.63) is 193 Å². The van der Waals surface area contributed by atoms with Gasteiger partial charge in [-0.2, -0.15) is 0 Å². The Morgan fingerprint density at radius 2 is 1.07 bits per heavy atom. The topological polar surface area (TPSA) is 29.3 Å². The van der Waals surface area contributed by atoms with E-state index in [1.54, 1.807) is 0 Å². The summed E-state index contributed by atoms with van der Waals surface area (Å²) >= 11 is 0. The lowest BCUT2D eigenvalue weighted by Crippen LogP contribution is -2.15. The van der Waals surface area contributed by atoms with Gasteiger partial charge in [0.1, 0.15) is 5.52 Å². The third kappa shape index (κ3) is 4.86. The molecular weight excluding hydrogens is 669 g/mol. The van der Waals surface area contributed by atoms with Crippen molar-refractivity contribution in [1.82, 2.24) is 4.98 Å². The van der Waals surface area contributed by atoms with Gasteiger partial charge in [0.15, 0.2) is 5.58 Å². The molecule has 0 amide bonds. The highest BCUT2D eigenvalue weighted by atomic mass is 16.3. The van der Waals surface area contributed by atoms with E-state index in [0.29, 0.717) is 5.89 Å². The predicted molar refractivity (Wildman–Crippen MR) is 230 cm³/mol. The molecule has 0 atom stereocenters. The molecule has 55 heavy (non-hydrogen) atoms. The third-order valence-corrected chi connectivity index (χ3v) is 11.7. The molecular formula is C52H36N2O. The second-order valence-electron chi connectivity index (χ2n) is 15.2. The van der Waals surface area contributed by atoms with E-state index in [-0.39, 0.29) is 5.41 Å². The zero-order valence-corrected chi connectivity index (χ0v) is 30.6. The molecule has 11 rings (SSSR count). The average Bonchev–Trinajstić information content (AvgIpc) is 3.78. The average molecular weight is 705 g/mol. The van der Waals surface area contributed by atoms with E-state index in [0.717, 1.165) is 49.9 Å². The number of rotatable bonds is 5. The summed E-state index contributed by atoms with van der Waals surface area (Å²) in [7, 11) is 0. The normalized spacial score (nSPS) is 13.1. The lowest BCUT2D eigenvalue weighted by molar-refractivity contribution is 0.623. The Kier molecular flexibility index (Phi) is 6.90. The van der Waals surface area contributed by atoms with Crippen LogP contribution in [0.25, 0.3) is 77.1 Å². The third-order valence-electron chi connectivity index (χ3n) is 11.7. The van der Waals surface area contributed by atoms with Gasteiger partial charge in [0.25, 0.3) is 0 Å². The number of aromatic nitrogens is 1. The number of oxazole rings is 1. The molecule has 0 saturated heterocycles. The quantitative estimate of drug-likeness (QED) is 0.167. The molecule has 0 aliphatic heterocycles. The van der Waals surface area contributed by atoms with E-state index >= 15 is 0 Å². The monoisotopic (exact) mass is 704 g/mol. The minimum absolute atomic E-state index is 0.0686. The molecule has 0 saturated carbocycles. The van der Waals surface area contributed by atoms with Gasteiger partial charge in [-0.3, -0.25) is 0 Å². The zero-order valence-electron chi connectivity index (χ0n) is 30.6. The van der Waals surface area contributed by atoms with Crippen LogP contribution >= 0.6 is 0 Å². The predicted octanol–water partition coefficient (Wildman–Crippen LogP) is 14.4. The van der Waals surface area contributed by atoms with Gasteiger partial charge in [-0.25, -0.2) is 4.98 Å². The Hall–Kier alpha value is -6.97. The lowest BCUT2D eigenvalue weighted by atomic mass is 9.82. The highest BCUT2D eigenvalue weighted by Gasteiger charge is 2.35. The van der Waals surface area contributed by atoms with Crippen LogP contribution in [0.3, 0.4) is 0 Å². The Balaban J connectivity index is 1.15. The fourth-order valence-electron chi connectivity index (χ4n) is 8.98. The van der Waals surface area contributed by atoms with Crippen molar-refractivity contribution in [2.45, 2.75) is 19.3 Å². The first-order chi connectivity index (χ1) is 27.0. The fraction of sp³-hybridized carbons (Fsp3) is 0.0577. The van der Waals surface area contributed by atoms with Crippen LogP contribution < -0.4 is 4.90 Å². The standard InChI is InChI=1S/C52H36N2O/c1-52(2)44-19-11-9-18-42(44)43-32-39(27-29-45(43)52)54(47-20-12-10-17-40(47)33-13-5-3-6-14-33)38-26-28-41-37(31-38)24-23-34-21-22-35-25-30-46-50(49(35)48(34)41)55-51(53-46)36-15-7-4-8-16-36/h3-32H,1-2H3. The van der Waals surface area contributed by atoms with Crippen molar-refractivity contribution in [3.63, 3.8) is 0 Å². The molecule has 9 aromatic carbocycles. The van der Waals surface area contributed by atoms with E-state index in [9.17, 15) is 0 Å². The van der Waals surface area contributed by atoms with E-state index in [4.69, 9.17) is 9.40 Å². The maximum atomic E-state index is 6.61. The first-order valence-electron chi connectivity index (χ1n) is 19.0. The number of nitrogens with zero attached hydrogens (tertiary/aromatic N) is 2. The molecule has 0 radical (unpaired) electrons. The molecule has 3 nitrogen and oxygen atoms in total. The van der Waals surface area contributed by atoms with E-state index < -0.39 is 0 Å². The molecule has 3 heteroatoms. The van der Waals surface area contributed by atoms with Gasteiger partial charge in [-0.1, -0.05) is 147 Å². The first-order valence-corrected chi connectivity index (χ1v) is 19.0. The molecule has 1 aliphatic rings. The van der Waals surface area contributed by atoms with Crippen LogP contribution in [-0.2, 0) is 5.41 Å². The van der Waals surface area contributed by atoms with Crippen LogP contribution in [-0.4, -0.2) is 4.98 Å². The number of fused-ring (bicyclic) bond motifs is 10. The maximum absolute atomic E-state index is 6.61. The molecule has 1 aliphatic carbocycles. The summed E-state index contributed by atoms with van der Waals surface area (Å²) in [4.78, 5) is 7.37. The van der Waals surface area contributed by atoms with Crippen LogP contribution in [0.15, 0.2) is 186 Å². The fourth-order valence-corrected chi connectivity index (χ4v) is 8.98. The number of hydrogen-bond donors (Lipinski definition) is 0. The van der Waals surface area contributed by atoms with E-state index in [2.05, 4.69) is 170 Å². The maximum Gasteiger partial charge on any atom is 0.227 e. The van der Waals surface area contributed by atoms with Gasteiger partial charge in [0.2, 0.25) is 5.89 Å². The van der Waals surface area contributed by atoms with Gasteiger partial charge in [0.05, 0.1) is 5.69 Å². The summed E-state index contributed by atoms with van der Waals surface area (Å²) in [6, 6.07) is 65.6. The molecule has 0 unspecified atom stereocenters. The van der Waals surface area contributed by atoms with Crippen LogP contribution in [0, 0.1) is 0 Å². The number of para-hydroxylation sites is 1. The second-order valence-corrected chi connectivity index (χ2v) is 15.2. The van der Waals surface area contributed by atoms with Gasteiger partial charge in [0, 0.05) is 38.7 Å². The largest absolute Gasteiger partial charge is 0.435 e. The minimum atomic E-state index is -0.0686. The SMILES string of the molecule is CC1(C)c2ccccc2-c2cc(N(c3ccc4c(ccc5ccc6ccc7nc(-c8ccccc8)oc7c6c54)c3)c3ccccc3-c3ccccc3)ccc21. The summed E-state index contributed by atoms with van der Waals surface area (Å²) in [6.45, 7) is 4.68. The van der Waals surface area contributed by atoms with Crippen molar-refractivity contribution < 1.29 is 4.42 Å². The van der Waals surface area contributed by atoms with Gasteiger partial charge < -0.3 is 9.32 Å². The molecule has 1 heterocycles. The van der Waals surface area contributed by atoms with Crippen molar-refractivity contribution in [2.24, 2.45) is 0 Å². The van der Waals surface area contributed by atoms with Crippen LogP contribution in [0.2, 0.25) is 0 Å². The van der Waals surface area contributed by atoms with Crippen molar-refractivity contribution >= 4 is 60.5 Å². The summed E-state index contributed by atoms with van der Waals surface area (Å²) in [6.07, 6.45) is 0. The van der Waals surface area contributed by atoms with E-state index in [1.807, 2.05) is 30.3 Å². The molecule has 0 spiro atoms. The first kappa shape index (κ1) is 31.5. The summed E-state index contributed by atoms with van der Waals surface area (Å²) < 4.78 is 6.61. The van der Waals surface area contributed by atoms with Crippen LogP contribution in [0.5, 0.6) is 0 Å². The highest BCUT2D eigenvalue weighted by Crippen LogP contribution is 2.51. The van der Waals surface area contributed by atoms with Crippen LogP contribution in [0.4, 0.5) is 17.1 Å². The molecule has 260 valence electrons. The van der Waals surface area contributed by atoms with E-state index in [1.165, 1.54) is 49.5 Å². The van der Waals surface area contributed by atoms with Crippen molar-refractivity contribution in [3.8, 4) is 33.7 Å². The van der Waals surface area contributed by atoms with Crippen molar-refractivity contribution in [2.75, 3.05) is 4.90 Å². The zero-order chi connectivity index (χ0) is 36.7. The highest BCUT2D eigenvalue weighted by molar-refractivity contribution is 6.26. The minimum Gasteiger partial charge on any atom is -0.435 e. The molecule has 0 fully saturated rings. The molecule has 0 N–H and O–H groups in total. The lowest BCUT2D eigenvalue weighted by Gasteiger charge is -2.29. The smallest absolute Gasteiger partial charge is 0.227 e. The van der Waals surface area contributed by atoms with Gasteiger partial charge in [-0.05, 0) is 97.9 Å². The second kappa shape index (κ2) is 12.0. The number of anilines is 3. The molecule has 1 aromatic heterocycles. The van der Waals surface area contributed by atoms with Gasteiger partial charge in [-0.15, -0.1) is 0 Å². The molecule has 0 bridgehead atoms. The Bertz CT molecular complexity index is 3120. The van der Waals surface area contributed by atoms with Crippen molar-refractivity contribution in [1.29, 1.82) is 0 Å². The van der Waals surface area contributed by atoms with Crippen LogP contribution in [0.1, 0.15) is 25.0 Å². The Morgan fingerprint density at radius 3 is 1.87 bits per heavy atom. The summed E-state index contributed by atoms with van der Waals surface area (Å²) in [5.74, 6) is 0.635. The Morgan fingerprint density at radius 1 is 0.473 bits per heavy atom. The van der Waals surface area contributed by atoms with Gasteiger partial charge >= 0.3 is 0 Å².